The van der Waals surface area contributed by atoms with Crippen LogP contribution in [0.1, 0.15) is 29.3 Å². The summed E-state index contributed by atoms with van der Waals surface area (Å²) in [5.74, 6) is 0.552. The summed E-state index contributed by atoms with van der Waals surface area (Å²) in [6, 6.07) is 6.66. The number of halogens is 2. The fourth-order valence-electron chi connectivity index (χ4n) is 2.33. The lowest BCUT2D eigenvalue weighted by atomic mass is 9.84. The molecule has 2 N–H and O–H groups in total. The lowest BCUT2D eigenvalue weighted by Gasteiger charge is -2.26. The first-order valence-corrected chi connectivity index (χ1v) is 8.84. The van der Waals surface area contributed by atoms with Gasteiger partial charge in [0.15, 0.2) is 5.96 Å². The maximum Gasteiger partial charge on any atom is 0.191 e. The number of guanidine groups is 1. The van der Waals surface area contributed by atoms with Crippen LogP contribution in [0.2, 0.25) is 0 Å². The number of hydrogen-bond acceptors (Lipinski definition) is 3. The Labute approximate surface area is 170 Å². The summed E-state index contributed by atoms with van der Waals surface area (Å²) in [6.45, 7) is 7.79. The van der Waals surface area contributed by atoms with Crippen LogP contribution in [0.15, 0.2) is 35.5 Å². The Bertz CT molecular complexity index is 683. The first-order valence-electron chi connectivity index (χ1n) is 8.02. The van der Waals surface area contributed by atoms with Gasteiger partial charge in [0.2, 0.25) is 0 Å². The number of aromatic nitrogens is 1. The summed E-state index contributed by atoms with van der Waals surface area (Å²) in [5.41, 5.74) is 0.961. The molecule has 0 saturated heterocycles. The monoisotopic (exact) mass is 476 g/mol. The van der Waals surface area contributed by atoms with Crippen molar-refractivity contribution in [2.45, 2.75) is 32.6 Å². The van der Waals surface area contributed by atoms with Crippen LogP contribution in [0.25, 0.3) is 0 Å². The Morgan fingerprint density at radius 2 is 1.92 bits per heavy atom. The molecule has 0 saturated carbocycles. The second-order valence-electron chi connectivity index (χ2n) is 6.36. The maximum absolute atomic E-state index is 13.1. The fraction of sp³-hybridized carbons (Fsp3) is 0.444. The molecule has 138 valence electrons. The molecule has 0 unspecified atom stereocenters. The van der Waals surface area contributed by atoms with Gasteiger partial charge in [0.1, 0.15) is 5.82 Å². The highest BCUT2D eigenvalue weighted by molar-refractivity contribution is 14.0. The zero-order valence-electron chi connectivity index (χ0n) is 15.1. The SMILES string of the molecule is CN=C(NCCc1ncc(C)s1)NCC(C)(C)c1ccc(F)cc1.I. The maximum atomic E-state index is 13.1. The van der Waals surface area contributed by atoms with Gasteiger partial charge in [0.25, 0.3) is 0 Å². The normalized spacial score (nSPS) is 11.8. The number of benzene rings is 1. The predicted octanol–water partition coefficient (Wildman–Crippen LogP) is 3.89. The molecule has 0 aliphatic carbocycles. The minimum Gasteiger partial charge on any atom is -0.356 e. The number of nitrogens with one attached hydrogen (secondary N) is 2. The summed E-state index contributed by atoms with van der Waals surface area (Å²) in [4.78, 5) is 9.84. The number of aliphatic imine (C=N–C) groups is 1. The van der Waals surface area contributed by atoms with Crippen LogP contribution >= 0.6 is 35.3 Å². The van der Waals surface area contributed by atoms with Gasteiger partial charge in [-0.1, -0.05) is 26.0 Å². The van der Waals surface area contributed by atoms with Crippen molar-refractivity contribution in [1.29, 1.82) is 0 Å². The summed E-state index contributed by atoms with van der Waals surface area (Å²) >= 11 is 1.72. The van der Waals surface area contributed by atoms with Gasteiger partial charge >= 0.3 is 0 Å². The van der Waals surface area contributed by atoms with E-state index in [2.05, 4.69) is 41.4 Å². The number of rotatable bonds is 6. The Morgan fingerprint density at radius 3 is 2.48 bits per heavy atom. The highest BCUT2D eigenvalue weighted by Crippen LogP contribution is 2.22. The highest BCUT2D eigenvalue weighted by Gasteiger charge is 2.20. The lowest BCUT2D eigenvalue weighted by Crippen LogP contribution is -2.44. The minimum absolute atomic E-state index is 0. The van der Waals surface area contributed by atoms with Gasteiger partial charge in [-0.3, -0.25) is 4.99 Å². The second-order valence-corrected chi connectivity index (χ2v) is 7.68. The van der Waals surface area contributed by atoms with Crippen molar-refractivity contribution in [1.82, 2.24) is 15.6 Å². The highest BCUT2D eigenvalue weighted by atomic mass is 127. The van der Waals surface area contributed by atoms with E-state index in [1.807, 2.05) is 18.3 Å². The van der Waals surface area contributed by atoms with Crippen LogP contribution in [-0.2, 0) is 11.8 Å². The molecule has 25 heavy (non-hydrogen) atoms. The first kappa shape index (κ1) is 21.8. The van der Waals surface area contributed by atoms with Crippen LogP contribution in [0.5, 0.6) is 0 Å². The van der Waals surface area contributed by atoms with Gasteiger partial charge in [-0.15, -0.1) is 35.3 Å². The van der Waals surface area contributed by atoms with E-state index in [0.717, 1.165) is 29.5 Å². The van der Waals surface area contributed by atoms with Crippen LogP contribution in [0.4, 0.5) is 4.39 Å². The molecule has 0 atom stereocenters. The van der Waals surface area contributed by atoms with E-state index in [0.29, 0.717) is 6.54 Å². The van der Waals surface area contributed by atoms with Gasteiger partial charge < -0.3 is 10.6 Å². The number of thiazole rings is 1. The average molecular weight is 476 g/mol. The van der Waals surface area contributed by atoms with Crippen molar-refractivity contribution >= 4 is 41.3 Å². The summed E-state index contributed by atoms with van der Waals surface area (Å²) in [7, 11) is 1.76. The smallest absolute Gasteiger partial charge is 0.191 e. The Hall–Kier alpha value is -1.22. The van der Waals surface area contributed by atoms with E-state index >= 15 is 0 Å². The largest absolute Gasteiger partial charge is 0.356 e. The van der Waals surface area contributed by atoms with Crippen LogP contribution in [0, 0.1) is 12.7 Å². The topological polar surface area (TPSA) is 49.3 Å². The molecule has 7 heteroatoms. The van der Waals surface area contributed by atoms with Gasteiger partial charge in [-0.2, -0.15) is 0 Å². The number of nitrogens with zero attached hydrogens (tertiary/aromatic N) is 2. The molecule has 1 aromatic heterocycles. The van der Waals surface area contributed by atoms with E-state index in [1.54, 1.807) is 18.4 Å². The molecule has 0 spiro atoms. The molecular weight excluding hydrogens is 450 g/mol. The van der Waals surface area contributed by atoms with Crippen LogP contribution in [0.3, 0.4) is 0 Å². The van der Waals surface area contributed by atoms with Gasteiger partial charge in [-0.05, 0) is 24.6 Å². The Balaban J connectivity index is 0.00000312. The third-order valence-electron chi connectivity index (χ3n) is 3.85. The quantitative estimate of drug-likeness (QED) is 0.378. The Kier molecular flexibility index (Phi) is 8.78. The molecular formula is C18H26FIN4S. The molecule has 0 amide bonds. The summed E-state index contributed by atoms with van der Waals surface area (Å²) in [5, 5.41) is 7.78. The molecule has 0 radical (unpaired) electrons. The van der Waals surface area contributed by atoms with Crippen molar-refractivity contribution in [3.63, 3.8) is 0 Å². The van der Waals surface area contributed by atoms with E-state index in [-0.39, 0.29) is 35.2 Å². The zero-order valence-corrected chi connectivity index (χ0v) is 18.2. The zero-order chi connectivity index (χ0) is 17.6. The average Bonchev–Trinajstić information content (AvgIpc) is 2.96. The van der Waals surface area contributed by atoms with E-state index in [4.69, 9.17) is 0 Å². The molecule has 0 bridgehead atoms. The van der Waals surface area contributed by atoms with Crippen molar-refractivity contribution in [3.8, 4) is 0 Å². The third kappa shape index (κ3) is 6.89. The first-order chi connectivity index (χ1) is 11.4. The summed E-state index contributed by atoms with van der Waals surface area (Å²) < 4.78 is 13.1. The van der Waals surface area contributed by atoms with Crippen LogP contribution < -0.4 is 10.6 Å². The van der Waals surface area contributed by atoms with Gasteiger partial charge in [0, 0.05) is 43.0 Å². The van der Waals surface area contributed by atoms with Crippen LogP contribution in [-0.4, -0.2) is 31.1 Å². The number of aryl methyl sites for hydroxylation is 1. The van der Waals surface area contributed by atoms with Crippen molar-refractivity contribution in [2.75, 3.05) is 20.1 Å². The molecule has 2 rings (SSSR count). The third-order valence-corrected chi connectivity index (χ3v) is 4.82. The minimum atomic E-state index is -0.211. The van der Waals surface area contributed by atoms with E-state index < -0.39 is 0 Å². The van der Waals surface area contributed by atoms with Crippen molar-refractivity contribution in [2.24, 2.45) is 4.99 Å². The van der Waals surface area contributed by atoms with E-state index in [9.17, 15) is 4.39 Å². The molecule has 1 aromatic carbocycles. The van der Waals surface area contributed by atoms with Gasteiger partial charge in [-0.25, -0.2) is 9.37 Å². The molecule has 2 aromatic rings. The molecule has 1 heterocycles. The number of hydrogen-bond donors (Lipinski definition) is 2. The lowest BCUT2D eigenvalue weighted by molar-refractivity contribution is 0.507. The molecule has 4 nitrogen and oxygen atoms in total. The predicted molar refractivity (Wildman–Crippen MR) is 115 cm³/mol. The van der Waals surface area contributed by atoms with E-state index in [1.165, 1.54) is 17.0 Å². The standard InChI is InChI=1S/C18H25FN4S.HI/c1-13-11-22-16(24-13)9-10-21-17(20-4)23-12-18(2,3)14-5-7-15(19)8-6-14;/h5-8,11H,9-10,12H2,1-4H3,(H2,20,21,23);1H. The molecule has 0 aliphatic heterocycles. The summed E-state index contributed by atoms with van der Waals surface area (Å²) in [6.07, 6.45) is 2.78. The van der Waals surface area contributed by atoms with Gasteiger partial charge in [0.05, 0.1) is 5.01 Å². The van der Waals surface area contributed by atoms with Crippen molar-refractivity contribution in [3.05, 3.63) is 51.7 Å². The fourth-order valence-corrected chi connectivity index (χ4v) is 3.12. The van der Waals surface area contributed by atoms with Crippen molar-refractivity contribution < 1.29 is 4.39 Å². The molecule has 0 fully saturated rings. The second kappa shape index (κ2) is 10.1. The Morgan fingerprint density at radius 1 is 1.24 bits per heavy atom. The molecule has 0 aliphatic rings.